The average Bonchev–Trinajstić information content (AvgIpc) is 3.82. The number of nitriles is 1. The molecule has 8 rings (SSSR count). The number of ether oxygens (including phenoxy) is 2. The number of hydrogen-bond acceptors (Lipinski definition) is 9. The van der Waals surface area contributed by atoms with E-state index < -0.39 is 30.3 Å². The molecule has 1 unspecified atom stereocenters. The van der Waals surface area contributed by atoms with Gasteiger partial charge < -0.3 is 33.4 Å². The molecule has 262 valence electrons. The summed E-state index contributed by atoms with van der Waals surface area (Å²) in [5.74, 6) is 0.123. The van der Waals surface area contributed by atoms with E-state index in [1.165, 1.54) is 0 Å². The SMILES string of the molecule is CC1(C)[C@@H]2C[C@H]3OB(C(Cc4coc5ccccc45)NC(=O)OC[C@H]4CCCN4C(=O)C(C#N)=CC(C)(C)N4CCOCC4)O[C@@]3(C)[C@H]1C2. The van der Waals surface area contributed by atoms with Gasteiger partial charge in [0.2, 0.25) is 0 Å². The Labute approximate surface area is 289 Å². The second kappa shape index (κ2) is 13.1. The summed E-state index contributed by atoms with van der Waals surface area (Å²) in [6, 6.07) is 9.65. The van der Waals surface area contributed by atoms with Gasteiger partial charge in [-0.05, 0) is 87.8 Å². The van der Waals surface area contributed by atoms with Gasteiger partial charge in [0.25, 0.3) is 5.91 Å². The Morgan fingerprint density at radius 2 is 1.96 bits per heavy atom. The van der Waals surface area contributed by atoms with E-state index in [4.69, 9.17) is 23.2 Å². The highest BCUT2D eigenvalue weighted by atomic mass is 16.7. The van der Waals surface area contributed by atoms with Gasteiger partial charge >= 0.3 is 13.2 Å². The van der Waals surface area contributed by atoms with Crippen molar-refractivity contribution in [2.24, 2.45) is 17.3 Å². The van der Waals surface area contributed by atoms with Crippen LogP contribution in [0.4, 0.5) is 4.79 Å². The number of furan rings is 1. The normalized spacial score (nSPS) is 30.4. The second-order valence-electron chi connectivity index (χ2n) is 15.9. The van der Waals surface area contributed by atoms with Crippen LogP contribution in [0.15, 0.2) is 46.6 Å². The molecule has 2 amide bonds. The average molecular weight is 673 g/mol. The van der Waals surface area contributed by atoms with Gasteiger partial charge in [-0.15, -0.1) is 0 Å². The van der Waals surface area contributed by atoms with Crippen LogP contribution in [-0.2, 0) is 30.0 Å². The van der Waals surface area contributed by atoms with Crippen molar-refractivity contribution in [1.82, 2.24) is 15.1 Å². The monoisotopic (exact) mass is 672 g/mol. The first kappa shape index (κ1) is 34.1. The van der Waals surface area contributed by atoms with Crippen molar-refractivity contribution in [3.05, 3.63) is 47.7 Å². The lowest BCUT2D eigenvalue weighted by molar-refractivity contribution is -0.199. The number of nitrogens with zero attached hydrogens (tertiary/aromatic N) is 3. The van der Waals surface area contributed by atoms with Crippen LogP contribution in [0.1, 0.15) is 65.9 Å². The number of nitrogens with one attached hydrogen (secondary N) is 1. The molecule has 1 N–H and O–H groups in total. The van der Waals surface area contributed by atoms with Crippen LogP contribution in [0.25, 0.3) is 11.0 Å². The molecule has 0 spiro atoms. The Morgan fingerprint density at radius 1 is 1.18 bits per heavy atom. The van der Waals surface area contributed by atoms with Gasteiger partial charge in [0.05, 0.1) is 43.2 Å². The molecule has 1 aromatic carbocycles. The largest absolute Gasteiger partial charge is 0.482 e. The zero-order valence-electron chi connectivity index (χ0n) is 29.4. The summed E-state index contributed by atoms with van der Waals surface area (Å²) in [5, 5.41) is 14.1. The van der Waals surface area contributed by atoms with Crippen molar-refractivity contribution in [2.75, 3.05) is 39.5 Å². The van der Waals surface area contributed by atoms with Gasteiger partial charge in [-0.3, -0.25) is 9.69 Å². The van der Waals surface area contributed by atoms with E-state index in [9.17, 15) is 14.9 Å². The molecule has 3 saturated heterocycles. The maximum Gasteiger partial charge on any atom is 0.482 e. The molecule has 2 bridgehead atoms. The quantitative estimate of drug-likeness (QED) is 0.225. The molecule has 4 heterocycles. The Morgan fingerprint density at radius 3 is 2.71 bits per heavy atom. The first-order valence-electron chi connectivity index (χ1n) is 17.9. The first-order chi connectivity index (χ1) is 23.4. The van der Waals surface area contributed by atoms with Crippen molar-refractivity contribution in [3.63, 3.8) is 0 Å². The Hall–Kier alpha value is -3.37. The van der Waals surface area contributed by atoms with E-state index in [-0.39, 0.29) is 35.6 Å². The molecular formula is C37H49BN4O7. The highest BCUT2D eigenvalue weighted by Gasteiger charge is 2.68. The van der Waals surface area contributed by atoms with Gasteiger partial charge in [0.1, 0.15) is 23.8 Å². The lowest BCUT2D eigenvalue weighted by atomic mass is 9.43. The fourth-order valence-corrected chi connectivity index (χ4v) is 9.24. The van der Waals surface area contributed by atoms with E-state index in [1.54, 1.807) is 17.2 Å². The van der Waals surface area contributed by atoms with E-state index >= 15 is 0 Å². The summed E-state index contributed by atoms with van der Waals surface area (Å²) >= 11 is 0. The number of carbonyl (C=O) groups is 2. The Balaban J connectivity index is 1.03. The number of amides is 2. The number of hydrogen-bond donors (Lipinski definition) is 1. The molecule has 49 heavy (non-hydrogen) atoms. The Bertz CT molecular complexity index is 1640. The summed E-state index contributed by atoms with van der Waals surface area (Å²) in [5.41, 5.74) is 1.10. The topological polar surface area (TPSA) is 127 Å². The third-order valence-electron chi connectivity index (χ3n) is 12.3. The van der Waals surface area contributed by atoms with Crippen LogP contribution >= 0.6 is 0 Å². The van der Waals surface area contributed by atoms with Crippen molar-refractivity contribution >= 4 is 30.1 Å². The van der Waals surface area contributed by atoms with E-state index in [0.29, 0.717) is 44.4 Å². The van der Waals surface area contributed by atoms with Crippen LogP contribution in [0, 0.1) is 28.6 Å². The summed E-state index contributed by atoms with van der Waals surface area (Å²) in [6.07, 6.45) is 6.81. The minimum Gasteiger partial charge on any atom is -0.464 e. The molecule has 3 aliphatic carbocycles. The second-order valence-corrected chi connectivity index (χ2v) is 15.9. The number of morpholine rings is 1. The number of para-hydroxylation sites is 1. The molecule has 2 aromatic rings. The van der Waals surface area contributed by atoms with Crippen molar-refractivity contribution in [2.45, 2.75) is 95.9 Å². The third-order valence-corrected chi connectivity index (χ3v) is 12.3. The number of benzene rings is 1. The van der Waals surface area contributed by atoms with Gasteiger partial charge in [0, 0.05) is 30.6 Å². The van der Waals surface area contributed by atoms with Gasteiger partial charge in [-0.2, -0.15) is 5.26 Å². The van der Waals surface area contributed by atoms with Crippen LogP contribution in [0.5, 0.6) is 0 Å². The zero-order chi connectivity index (χ0) is 34.6. The van der Waals surface area contributed by atoms with Crippen LogP contribution in [0.2, 0.25) is 0 Å². The fourth-order valence-electron chi connectivity index (χ4n) is 9.24. The van der Waals surface area contributed by atoms with E-state index in [2.05, 4.69) is 37.1 Å². The number of rotatable bonds is 9. The third kappa shape index (κ3) is 6.28. The number of fused-ring (bicyclic) bond motifs is 1. The zero-order valence-corrected chi connectivity index (χ0v) is 29.4. The van der Waals surface area contributed by atoms with Crippen molar-refractivity contribution in [3.8, 4) is 6.07 Å². The highest BCUT2D eigenvalue weighted by molar-refractivity contribution is 6.48. The van der Waals surface area contributed by atoms with Gasteiger partial charge in [-0.1, -0.05) is 32.0 Å². The molecule has 3 aliphatic heterocycles. The van der Waals surface area contributed by atoms with Crippen LogP contribution in [0.3, 0.4) is 0 Å². The maximum absolute atomic E-state index is 13.7. The molecule has 6 atom stereocenters. The molecule has 1 aromatic heterocycles. The number of carbonyl (C=O) groups excluding carboxylic acids is 2. The lowest BCUT2D eigenvalue weighted by Gasteiger charge is -2.64. The fraction of sp³-hybridized carbons (Fsp3) is 0.649. The maximum atomic E-state index is 13.7. The standard InChI is InChI=1S/C37H49BN4O7/c1-35(2,41-13-15-45-16-14-41)20-25(21-39)33(43)42-12-8-9-27(42)23-47-34(44)40-32(17-24-22-46-29-11-7-6-10-28(24)29)38-48-31-19-26-18-30(36(26,3)4)37(31,5)49-38/h6-7,10-11,20,22,26-27,30-32H,8-9,12-19,23H2,1-5H3,(H,40,44)/t26-,27+,30-,31+,32?,37-/m0/s1. The van der Waals surface area contributed by atoms with Crippen molar-refractivity contribution in [1.29, 1.82) is 5.26 Å². The van der Waals surface area contributed by atoms with Crippen LogP contribution in [-0.4, -0.2) is 97.6 Å². The predicted molar refractivity (Wildman–Crippen MR) is 183 cm³/mol. The molecule has 6 fully saturated rings. The smallest absolute Gasteiger partial charge is 0.464 e. The van der Waals surface area contributed by atoms with Crippen molar-refractivity contribution < 1.29 is 32.8 Å². The molecule has 0 radical (unpaired) electrons. The van der Waals surface area contributed by atoms with E-state index in [0.717, 1.165) is 48.9 Å². The van der Waals surface area contributed by atoms with Gasteiger partial charge in [-0.25, -0.2) is 4.79 Å². The van der Waals surface area contributed by atoms with E-state index in [1.807, 2.05) is 38.1 Å². The highest BCUT2D eigenvalue weighted by Crippen LogP contribution is 2.65. The summed E-state index contributed by atoms with van der Waals surface area (Å²) in [6.45, 7) is 14.1. The minimum absolute atomic E-state index is 0.0230. The summed E-state index contributed by atoms with van der Waals surface area (Å²) < 4.78 is 30.5. The number of alkyl carbamates (subject to hydrolysis) is 1. The summed E-state index contributed by atoms with van der Waals surface area (Å²) in [7, 11) is -0.658. The number of likely N-dealkylation sites (tertiary alicyclic amines) is 1. The first-order valence-corrected chi connectivity index (χ1v) is 17.9. The molecule has 12 heteroatoms. The summed E-state index contributed by atoms with van der Waals surface area (Å²) in [4.78, 5) is 31.1. The van der Waals surface area contributed by atoms with Crippen LogP contribution < -0.4 is 5.32 Å². The molecular weight excluding hydrogens is 623 g/mol. The minimum atomic E-state index is -0.658. The van der Waals surface area contributed by atoms with Gasteiger partial charge in [0.15, 0.2) is 0 Å². The molecule has 11 nitrogen and oxygen atoms in total. The molecule has 3 saturated carbocycles. The predicted octanol–water partition coefficient (Wildman–Crippen LogP) is 4.89. The lowest BCUT2D eigenvalue weighted by Crippen LogP contribution is -2.65. The molecule has 6 aliphatic rings. The Kier molecular flexibility index (Phi) is 9.10.